The quantitative estimate of drug-likeness (QED) is 0.0423. The summed E-state index contributed by atoms with van der Waals surface area (Å²) in [5.74, 6) is 0. The molecule has 0 aromatic heterocycles. The van der Waals surface area contributed by atoms with Gasteiger partial charge in [0, 0.05) is 106 Å². The number of nitrogens with one attached hydrogen (secondary N) is 12. The lowest BCUT2D eigenvalue weighted by atomic mass is 10.2. The third-order valence-corrected chi connectivity index (χ3v) is 16.2. The zero-order chi connectivity index (χ0) is 40.4. The van der Waals surface area contributed by atoms with Crippen molar-refractivity contribution in [2.75, 3.05) is 148 Å². The second kappa shape index (κ2) is 19.8. The van der Waals surface area contributed by atoms with Gasteiger partial charge < -0.3 is 63.8 Å². The van der Waals surface area contributed by atoms with Gasteiger partial charge in [-0.15, -0.1) is 0 Å². The van der Waals surface area contributed by atoms with Gasteiger partial charge in [-0.2, -0.15) is 0 Å². The molecule has 0 aliphatic heterocycles. The molecule has 14 heteroatoms. The molecule has 4 rings (SSSR count). The van der Waals surface area contributed by atoms with E-state index in [0.717, 1.165) is 74.7 Å². The van der Waals surface area contributed by atoms with E-state index in [1.165, 1.54) is 21.2 Å². The first kappa shape index (κ1) is 43.1. The van der Waals surface area contributed by atoms with E-state index in [4.69, 9.17) is 0 Å². The van der Waals surface area contributed by atoms with Crippen LogP contribution in [-0.2, 0) is 0 Å². The van der Waals surface area contributed by atoms with Crippen molar-refractivity contribution in [3.05, 3.63) is 48.5 Å². The third kappa shape index (κ3) is 8.31. The Morgan fingerprint density at radius 1 is 0.309 bits per heavy atom. The highest BCUT2D eigenvalue weighted by molar-refractivity contribution is 7.75. The third-order valence-electron chi connectivity index (χ3n) is 10.4. The maximum Gasteiger partial charge on any atom is 0.0815 e. The minimum Gasteiger partial charge on any atom is -0.386 e. The first-order chi connectivity index (χ1) is 26.6. The molecule has 0 bridgehead atoms. The number of anilines is 12. The van der Waals surface area contributed by atoms with Crippen LogP contribution in [0.25, 0.3) is 0 Å². The van der Waals surface area contributed by atoms with Gasteiger partial charge in [-0.3, -0.25) is 0 Å². The van der Waals surface area contributed by atoms with Crippen molar-refractivity contribution < 1.29 is 0 Å². The summed E-state index contributed by atoms with van der Waals surface area (Å²) < 4.78 is 0. The molecule has 2 unspecified atom stereocenters. The Balaban J connectivity index is 2.04. The number of benzene rings is 4. The second-order valence-electron chi connectivity index (χ2n) is 13.2. The summed E-state index contributed by atoms with van der Waals surface area (Å²) in [6, 6.07) is 18.1. The lowest BCUT2D eigenvalue weighted by Crippen LogP contribution is -2.30. The van der Waals surface area contributed by atoms with Gasteiger partial charge in [0.05, 0.1) is 68.2 Å². The molecule has 0 aliphatic carbocycles. The van der Waals surface area contributed by atoms with E-state index >= 15 is 0 Å². The topological polar surface area (TPSA) is 144 Å². The monoisotopic (exact) mass is 789 g/mol. The van der Waals surface area contributed by atoms with Crippen LogP contribution in [0.2, 0.25) is 0 Å². The lowest BCUT2D eigenvalue weighted by molar-refractivity contribution is 0.793. The van der Waals surface area contributed by atoms with Gasteiger partial charge in [-0.1, -0.05) is 13.8 Å². The van der Waals surface area contributed by atoms with Crippen LogP contribution in [0.4, 0.5) is 68.2 Å². The Labute approximate surface area is 332 Å². The predicted octanol–water partition coefficient (Wildman–Crippen LogP) is 6.92. The lowest BCUT2D eigenvalue weighted by Gasteiger charge is -2.36. The van der Waals surface area contributed by atoms with Gasteiger partial charge in [-0.05, 0) is 82.1 Å². The minimum atomic E-state index is -0.922. The molecule has 0 radical (unpaired) electrons. The summed E-state index contributed by atoms with van der Waals surface area (Å²) in [5, 5.41) is 47.3. The molecule has 0 saturated heterocycles. The zero-order valence-corrected chi connectivity index (χ0v) is 37.2. The standard InChI is InChI=1S/C41H66N12P2/c1-24(54(30-19-15-26(42-3)34(46-7)38(30)50-11)31-20-16-27(43-4)35(47-8)39(31)51-12)23-25(2)55(32-21-17-28(44-5)36(48-9)40(32)52-13)33-22-18-29(45-6)37(49-10)41(33)53-14/h15-22,24-25,42-53H,23H2,1-14H3. The first-order valence-electron chi connectivity index (χ1n) is 19.0. The van der Waals surface area contributed by atoms with Crippen molar-refractivity contribution >= 4 is 105 Å². The smallest absolute Gasteiger partial charge is 0.0815 e. The van der Waals surface area contributed by atoms with Gasteiger partial charge in [0.1, 0.15) is 0 Å². The van der Waals surface area contributed by atoms with Gasteiger partial charge in [0.15, 0.2) is 0 Å². The summed E-state index contributed by atoms with van der Waals surface area (Å²) in [4.78, 5) is 0. The van der Waals surface area contributed by atoms with E-state index < -0.39 is 15.8 Å². The Morgan fingerprint density at radius 3 is 0.673 bits per heavy atom. The molecule has 12 N–H and O–H groups in total. The largest absolute Gasteiger partial charge is 0.386 e. The molecule has 0 heterocycles. The van der Waals surface area contributed by atoms with Crippen molar-refractivity contribution in [3.8, 4) is 0 Å². The van der Waals surface area contributed by atoms with Crippen molar-refractivity contribution in [2.45, 2.75) is 31.6 Å². The van der Waals surface area contributed by atoms with Crippen LogP contribution < -0.4 is 85.0 Å². The van der Waals surface area contributed by atoms with E-state index in [9.17, 15) is 0 Å². The van der Waals surface area contributed by atoms with Crippen LogP contribution in [0, 0.1) is 0 Å². The van der Waals surface area contributed by atoms with Crippen LogP contribution in [-0.4, -0.2) is 95.9 Å². The number of hydrogen-bond donors (Lipinski definition) is 12. The van der Waals surface area contributed by atoms with Crippen molar-refractivity contribution in [2.24, 2.45) is 0 Å². The predicted molar refractivity (Wildman–Crippen MR) is 256 cm³/mol. The number of hydrogen-bond acceptors (Lipinski definition) is 12. The van der Waals surface area contributed by atoms with Gasteiger partial charge in [0.2, 0.25) is 0 Å². The summed E-state index contributed by atoms with van der Waals surface area (Å²) in [7, 11) is 22.2. The maximum absolute atomic E-state index is 3.62. The highest BCUT2D eigenvalue weighted by Gasteiger charge is 2.34. The van der Waals surface area contributed by atoms with Crippen LogP contribution in [0.3, 0.4) is 0 Å². The average Bonchev–Trinajstić information content (AvgIpc) is 3.22. The Hall–Kier alpha value is -4.66. The normalized spacial score (nSPS) is 12.1. The van der Waals surface area contributed by atoms with Crippen LogP contribution in [0.5, 0.6) is 0 Å². The molecule has 4 aromatic rings. The maximum atomic E-state index is 3.62. The summed E-state index contributed by atoms with van der Waals surface area (Å²) in [6.07, 6.45) is 0.979. The Bertz CT molecular complexity index is 1640. The average molecular weight is 789 g/mol. The minimum absolute atomic E-state index is 0.279. The fourth-order valence-corrected chi connectivity index (χ4v) is 14.4. The second-order valence-corrected chi connectivity index (χ2v) is 18.4. The molecule has 0 aliphatic rings. The van der Waals surface area contributed by atoms with Gasteiger partial charge >= 0.3 is 0 Å². The molecular weight excluding hydrogens is 722 g/mol. The molecule has 0 amide bonds. The summed E-state index contributed by atoms with van der Waals surface area (Å²) in [5.41, 5.74) is 13.5. The first-order valence-corrected chi connectivity index (χ1v) is 21.8. The fourth-order valence-electron chi connectivity index (χ4n) is 7.97. The van der Waals surface area contributed by atoms with Crippen LogP contribution in [0.1, 0.15) is 20.3 Å². The van der Waals surface area contributed by atoms with Crippen molar-refractivity contribution in [3.63, 3.8) is 0 Å². The molecule has 55 heavy (non-hydrogen) atoms. The fraction of sp³-hybridized carbons (Fsp3) is 0.415. The van der Waals surface area contributed by atoms with Crippen LogP contribution in [0.15, 0.2) is 48.5 Å². The molecule has 0 fully saturated rings. The Kier molecular flexibility index (Phi) is 15.5. The van der Waals surface area contributed by atoms with Crippen molar-refractivity contribution in [1.82, 2.24) is 0 Å². The molecule has 300 valence electrons. The van der Waals surface area contributed by atoms with Gasteiger partial charge in [-0.25, -0.2) is 0 Å². The molecule has 0 saturated carbocycles. The van der Waals surface area contributed by atoms with E-state index in [-0.39, 0.29) is 11.3 Å². The molecular formula is C41H66N12P2. The zero-order valence-electron chi connectivity index (χ0n) is 35.4. The van der Waals surface area contributed by atoms with E-state index in [1.54, 1.807) is 0 Å². The SMILES string of the molecule is CNc1ccc(P(c2ccc(NC)c(NC)c2NC)C(C)CC(C)P(c2ccc(NC)c(NC)c2NC)c2ccc(NC)c(NC)c2NC)c(NC)c1NC. The number of rotatable bonds is 20. The molecule has 12 nitrogen and oxygen atoms in total. The Morgan fingerprint density at radius 2 is 0.509 bits per heavy atom. The summed E-state index contributed by atoms with van der Waals surface area (Å²) in [6.45, 7) is 4.91. The highest BCUT2D eigenvalue weighted by atomic mass is 31.1. The van der Waals surface area contributed by atoms with Crippen LogP contribution >= 0.6 is 15.8 Å². The molecule has 2 atom stereocenters. The van der Waals surface area contributed by atoms with Crippen molar-refractivity contribution in [1.29, 1.82) is 0 Å². The van der Waals surface area contributed by atoms with E-state index in [0.29, 0.717) is 0 Å². The van der Waals surface area contributed by atoms with Gasteiger partial charge in [0.25, 0.3) is 0 Å². The highest BCUT2D eigenvalue weighted by Crippen LogP contribution is 2.54. The van der Waals surface area contributed by atoms with E-state index in [1.807, 2.05) is 84.6 Å². The van der Waals surface area contributed by atoms with E-state index in [2.05, 4.69) is 126 Å². The molecule has 4 aromatic carbocycles. The summed E-state index contributed by atoms with van der Waals surface area (Å²) >= 11 is 0. The molecule has 0 spiro atoms.